The summed E-state index contributed by atoms with van der Waals surface area (Å²) in [6.45, 7) is -0.294. The van der Waals surface area contributed by atoms with E-state index >= 15 is 0 Å². The third kappa shape index (κ3) is 7.13. The molecule has 0 radical (unpaired) electrons. The highest BCUT2D eigenvalue weighted by Crippen LogP contribution is 2.26. The number of nitrogens with zero attached hydrogens (tertiary/aromatic N) is 1. The van der Waals surface area contributed by atoms with Gasteiger partial charge in [0.05, 0.1) is 23.9 Å². The number of para-hydroxylation sites is 1. The highest BCUT2D eigenvalue weighted by atomic mass is 32.2. The van der Waals surface area contributed by atoms with Crippen LogP contribution in [0.5, 0.6) is 0 Å². The van der Waals surface area contributed by atoms with Crippen molar-refractivity contribution in [1.82, 2.24) is 5.32 Å². The first-order valence-electron chi connectivity index (χ1n) is 7.95. The zero-order valence-electron chi connectivity index (χ0n) is 14.3. The van der Waals surface area contributed by atoms with Crippen LogP contribution in [0.15, 0.2) is 46.0 Å². The number of ether oxygens (including phenoxy) is 1. The first kappa shape index (κ1) is 20.5. The van der Waals surface area contributed by atoms with Gasteiger partial charge >= 0.3 is 5.97 Å². The zero-order valence-corrected chi connectivity index (χ0v) is 15.9. The number of hydrogen-bond donors (Lipinski definition) is 2. The Labute approximate surface area is 164 Å². The summed E-state index contributed by atoms with van der Waals surface area (Å²) in [5, 5.41) is 17.4. The van der Waals surface area contributed by atoms with Crippen LogP contribution in [0.2, 0.25) is 0 Å². The van der Waals surface area contributed by atoms with Crippen molar-refractivity contribution in [3.63, 3.8) is 0 Å². The topological polar surface area (TPSA) is 108 Å². The molecule has 0 aliphatic heterocycles. The van der Waals surface area contributed by atoms with Gasteiger partial charge in [-0.25, -0.2) is 0 Å². The summed E-state index contributed by atoms with van der Waals surface area (Å²) >= 11 is 2.71. The minimum Gasteiger partial charge on any atom is -0.456 e. The number of rotatable bonds is 9. The molecule has 1 heterocycles. The Morgan fingerprint density at radius 1 is 1.22 bits per heavy atom. The third-order valence-corrected chi connectivity index (χ3v) is 4.84. The van der Waals surface area contributed by atoms with Crippen LogP contribution < -0.4 is 10.6 Å². The molecule has 2 aromatic rings. The number of thiophene rings is 1. The summed E-state index contributed by atoms with van der Waals surface area (Å²) < 4.78 is 4.91. The Morgan fingerprint density at radius 3 is 2.78 bits per heavy atom. The molecule has 0 fully saturated rings. The maximum atomic E-state index is 11.9. The van der Waals surface area contributed by atoms with Gasteiger partial charge in [0.1, 0.15) is 0 Å². The van der Waals surface area contributed by atoms with Gasteiger partial charge in [-0.2, -0.15) is 16.6 Å². The lowest BCUT2D eigenvalue weighted by Gasteiger charge is -2.10. The van der Waals surface area contributed by atoms with Crippen molar-refractivity contribution in [3.05, 3.63) is 46.7 Å². The van der Waals surface area contributed by atoms with Crippen molar-refractivity contribution in [2.75, 3.05) is 24.2 Å². The van der Waals surface area contributed by atoms with Crippen LogP contribution in [0.1, 0.15) is 16.8 Å². The molecule has 2 amide bonds. The number of esters is 1. The maximum Gasteiger partial charge on any atom is 0.308 e. The van der Waals surface area contributed by atoms with Gasteiger partial charge < -0.3 is 15.4 Å². The van der Waals surface area contributed by atoms with E-state index in [2.05, 4.69) is 10.6 Å². The molecule has 0 saturated heterocycles. The van der Waals surface area contributed by atoms with E-state index in [4.69, 9.17) is 10.00 Å². The number of carbonyl (C=O) groups is 3. The van der Waals surface area contributed by atoms with E-state index in [1.165, 1.54) is 23.1 Å². The van der Waals surface area contributed by atoms with Gasteiger partial charge in [0, 0.05) is 22.4 Å². The average molecular weight is 403 g/mol. The molecule has 0 unspecified atom stereocenters. The molecule has 7 nitrogen and oxygen atoms in total. The normalized spacial score (nSPS) is 9.89. The molecule has 27 heavy (non-hydrogen) atoms. The van der Waals surface area contributed by atoms with Crippen LogP contribution in [0.25, 0.3) is 0 Å². The Morgan fingerprint density at radius 2 is 2.04 bits per heavy atom. The fraction of sp³-hybridized carbons (Fsp3) is 0.222. The lowest BCUT2D eigenvalue weighted by Crippen LogP contribution is -2.27. The fourth-order valence-electron chi connectivity index (χ4n) is 1.98. The fourth-order valence-corrected chi connectivity index (χ4v) is 3.29. The van der Waals surface area contributed by atoms with Gasteiger partial charge in [-0.3, -0.25) is 14.4 Å². The standard InChI is InChI=1S/C18H17N3O4S2/c19-7-10-27-15-4-2-1-3-14(15)21-16(22)11-25-17(23)5-8-20-18(24)13-6-9-26-12-13/h1-4,6,9,12H,5,8,10-11H2,(H,20,24)(H,21,22). The van der Waals surface area contributed by atoms with E-state index in [9.17, 15) is 14.4 Å². The summed E-state index contributed by atoms with van der Waals surface area (Å²) in [5.74, 6) is -1.05. The average Bonchev–Trinajstić information content (AvgIpc) is 3.20. The SMILES string of the molecule is N#CCSc1ccccc1NC(=O)COC(=O)CCNC(=O)c1ccsc1. The number of amides is 2. The second-order valence-electron chi connectivity index (χ2n) is 5.17. The maximum absolute atomic E-state index is 11.9. The van der Waals surface area contributed by atoms with Crippen molar-refractivity contribution in [2.45, 2.75) is 11.3 Å². The summed E-state index contributed by atoms with van der Waals surface area (Å²) in [5.41, 5.74) is 1.10. The van der Waals surface area contributed by atoms with Crippen molar-refractivity contribution >= 4 is 46.6 Å². The molecule has 0 atom stereocenters. The number of nitrogens with one attached hydrogen (secondary N) is 2. The first-order valence-corrected chi connectivity index (χ1v) is 9.87. The Kier molecular flexibility index (Phi) is 8.35. The summed E-state index contributed by atoms with van der Waals surface area (Å²) in [6, 6.07) is 10.8. The number of benzene rings is 1. The molecule has 140 valence electrons. The Balaban J connectivity index is 1.70. The molecule has 0 bridgehead atoms. The molecule has 0 aliphatic rings. The smallest absolute Gasteiger partial charge is 0.308 e. The highest BCUT2D eigenvalue weighted by Gasteiger charge is 2.11. The number of nitriles is 1. The van der Waals surface area contributed by atoms with Gasteiger partial charge in [0.2, 0.25) is 0 Å². The Bertz CT molecular complexity index is 831. The highest BCUT2D eigenvalue weighted by molar-refractivity contribution is 7.99. The number of thioether (sulfide) groups is 1. The van der Waals surface area contributed by atoms with Crippen LogP contribution in [-0.4, -0.2) is 36.7 Å². The molecule has 1 aromatic heterocycles. The molecule has 0 spiro atoms. The van der Waals surface area contributed by atoms with Gasteiger partial charge in [-0.1, -0.05) is 12.1 Å². The first-order chi connectivity index (χ1) is 13.1. The van der Waals surface area contributed by atoms with E-state index in [0.717, 1.165) is 4.90 Å². The predicted molar refractivity (Wildman–Crippen MR) is 104 cm³/mol. The lowest BCUT2D eigenvalue weighted by atomic mass is 10.3. The van der Waals surface area contributed by atoms with Crippen molar-refractivity contribution in [1.29, 1.82) is 5.26 Å². The molecule has 0 saturated carbocycles. The van der Waals surface area contributed by atoms with Crippen LogP contribution in [-0.2, 0) is 14.3 Å². The quantitative estimate of drug-likeness (QED) is 0.492. The zero-order chi connectivity index (χ0) is 19.5. The number of carbonyl (C=O) groups excluding carboxylic acids is 3. The second kappa shape index (κ2) is 11.0. The molecule has 1 aromatic carbocycles. The largest absolute Gasteiger partial charge is 0.456 e. The van der Waals surface area contributed by atoms with E-state index in [1.54, 1.807) is 41.1 Å². The van der Waals surface area contributed by atoms with Gasteiger partial charge in [-0.15, -0.1) is 11.8 Å². The van der Waals surface area contributed by atoms with E-state index in [-0.39, 0.29) is 24.6 Å². The van der Waals surface area contributed by atoms with E-state index < -0.39 is 18.5 Å². The van der Waals surface area contributed by atoms with Crippen LogP contribution in [0.3, 0.4) is 0 Å². The number of hydrogen-bond acceptors (Lipinski definition) is 7. The lowest BCUT2D eigenvalue weighted by molar-refractivity contribution is -0.147. The monoisotopic (exact) mass is 403 g/mol. The number of anilines is 1. The Hall–Kier alpha value is -2.83. The molecular formula is C18H17N3O4S2. The second-order valence-corrected chi connectivity index (χ2v) is 6.97. The van der Waals surface area contributed by atoms with Gasteiger partial charge in [-0.05, 0) is 23.6 Å². The van der Waals surface area contributed by atoms with Crippen LogP contribution >= 0.6 is 23.1 Å². The minimum absolute atomic E-state index is 0.0300. The molecule has 9 heteroatoms. The minimum atomic E-state index is -0.581. The van der Waals surface area contributed by atoms with Crippen molar-refractivity contribution < 1.29 is 19.1 Å². The predicted octanol–water partition coefficient (Wildman–Crippen LogP) is 2.67. The van der Waals surface area contributed by atoms with E-state index in [0.29, 0.717) is 11.3 Å². The van der Waals surface area contributed by atoms with Crippen LogP contribution in [0.4, 0.5) is 5.69 Å². The summed E-state index contributed by atoms with van der Waals surface area (Å²) in [6.07, 6.45) is -0.0300. The molecule has 2 N–H and O–H groups in total. The van der Waals surface area contributed by atoms with Gasteiger partial charge in [0.15, 0.2) is 6.61 Å². The van der Waals surface area contributed by atoms with Gasteiger partial charge in [0.25, 0.3) is 11.8 Å². The third-order valence-electron chi connectivity index (χ3n) is 3.22. The molecule has 0 aliphatic carbocycles. The van der Waals surface area contributed by atoms with E-state index in [1.807, 2.05) is 6.07 Å². The van der Waals surface area contributed by atoms with Crippen molar-refractivity contribution in [2.24, 2.45) is 0 Å². The van der Waals surface area contributed by atoms with Crippen LogP contribution in [0, 0.1) is 11.3 Å². The summed E-state index contributed by atoms with van der Waals surface area (Å²) in [4.78, 5) is 36.1. The van der Waals surface area contributed by atoms with Crippen molar-refractivity contribution in [3.8, 4) is 6.07 Å². The molecular weight excluding hydrogens is 386 g/mol. The summed E-state index contributed by atoms with van der Waals surface area (Å²) in [7, 11) is 0. The molecule has 2 rings (SSSR count).